The number of nitrogens with zero attached hydrogens (tertiary/aromatic N) is 4. The second-order valence-electron chi connectivity index (χ2n) is 7.65. The average molecular weight is 344 g/mol. The monoisotopic (exact) mass is 344 g/mol. The van der Waals surface area contributed by atoms with E-state index in [1.54, 1.807) is 0 Å². The first-order valence-electron chi connectivity index (χ1n) is 9.58. The number of fused-ring (bicyclic) bond motifs is 3. The van der Waals surface area contributed by atoms with Crippen molar-refractivity contribution in [3.05, 3.63) is 54.6 Å². The molecule has 4 nitrogen and oxygen atoms in total. The molecule has 4 heteroatoms. The van der Waals surface area contributed by atoms with Crippen LogP contribution in [0.3, 0.4) is 0 Å². The molecule has 2 fully saturated rings. The van der Waals surface area contributed by atoms with Crippen LogP contribution in [0.15, 0.2) is 54.6 Å². The highest BCUT2D eigenvalue weighted by molar-refractivity contribution is 5.86. The maximum absolute atomic E-state index is 4.57. The van der Waals surface area contributed by atoms with Gasteiger partial charge in [0.1, 0.15) is 0 Å². The molecule has 2 aliphatic rings. The number of rotatable bonds is 2. The van der Waals surface area contributed by atoms with E-state index in [-0.39, 0.29) is 0 Å². The maximum atomic E-state index is 4.57. The van der Waals surface area contributed by atoms with Crippen LogP contribution < -0.4 is 4.90 Å². The van der Waals surface area contributed by atoms with Gasteiger partial charge in [-0.15, -0.1) is 10.2 Å². The minimum atomic E-state index is 0.657. The Labute approximate surface area is 154 Å². The summed E-state index contributed by atoms with van der Waals surface area (Å²) in [5.74, 6) is 1.01. The number of anilines is 1. The lowest BCUT2D eigenvalue weighted by atomic mass is 9.92. The highest BCUT2D eigenvalue weighted by Crippen LogP contribution is 2.30. The SMILES string of the molecule is CN1C2CCCC1CN(c1ccc(-c3ccc4ccccc4c3)nn1)C2. The number of aromatic nitrogens is 2. The van der Waals surface area contributed by atoms with Crippen LogP contribution in [0.25, 0.3) is 22.0 Å². The van der Waals surface area contributed by atoms with Crippen LogP contribution in [0.2, 0.25) is 0 Å². The number of hydrogen-bond donors (Lipinski definition) is 0. The molecule has 2 bridgehead atoms. The van der Waals surface area contributed by atoms with Gasteiger partial charge in [0.2, 0.25) is 0 Å². The Morgan fingerprint density at radius 1 is 0.846 bits per heavy atom. The Kier molecular flexibility index (Phi) is 3.86. The third-order valence-corrected chi connectivity index (χ3v) is 6.11. The number of likely N-dealkylation sites (N-methyl/N-ethyl adjacent to an activating group) is 1. The van der Waals surface area contributed by atoms with E-state index in [9.17, 15) is 0 Å². The van der Waals surface area contributed by atoms with Gasteiger partial charge in [-0.3, -0.25) is 4.90 Å². The molecule has 5 rings (SSSR count). The molecular weight excluding hydrogens is 320 g/mol. The van der Waals surface area contributed by atoms with E-state index in [2.05, 4.69) is 81.6 Å². The van der Waals surface area contributed by atoms with Crippen LogP contribution in [-0.4, -0.2) is 47.3 Å². The maximum Gasteiger partial charge on any atom is 0.151 e. The zero-order valence-corrected chi connectivity index (χ0v) is 15.2. The van der Waals surface area contributed by atoms with Gasteiger partial charge in [-0.1, -0.05) is 42.8 Å². The molecule has 0 saturated carbocycles. The first kappa shape index (κ1) is 15.8. The van der Waals surface area contributed by atoms with Gasteiger partial charge in [-0.2, -0.15) is 0 Å². The summed E-state index contributed by atoms with van der Waals surface area (Å²) in [5.41, 5.74) is 2.06. The molecule has 0 amide bonds. The van der Waals surface area contributed by atoms with Gasteiger partial charge in [0.25, 0.3) is 0 Å². The molecule has 1 aromatic heterocycles. The number of piperidine rings is 1. The van der Waals surface area contributed by atoms with Gasteiger partial charge in [0.15, 0.2) is 5.82 Å². The predicted molar refractivity (Wildman–Crippen MR) is 106 cm³/mol. The van der Waals surface area contributed by atoms with Crippen molar-refractivity contribution >= 4 is 16.6 Å². The molecule has 0 N–H and O–H groups in total. The van der Waals surface area contributed by atoms with E-state index in [1.807, 2.05) is 0 Å². The third-order valence-electron chi connectivity index (χ3n) is 6.11. The quantitative estimate of drug-likeness (QED) is 0.704. The van der Waals surface area contributed by atoms with Gasteiger partial charge < -0.3 is 4.90 Å². The molecule has 2 unspecified atom stereocenters. The second-order valence-corrected chi connectivity index (χ2v) is 7.65. The summed E-state index contributed by atoms with van der Waals surface area (Å²) in [7, 11) is 2.28. The fourth-order valence-electron chi connectivity index (χ4n) is 4.50. The van der Waals surface area contributed by atoms with Gasteiger partial charge in [-0.05, 0) is 48.9 Å². The fourth-order valence-corrected chi connectivity index (χ4v) is 4.50. The lowest BCUT2D eigenvalue weighted by Gasteiger charge is -2.48. The zero-order chi connectivity index (χ0) is 17.5. The number of hydrogen-bond acceptors (Lipinski definition) is 4. The average Bonchev–Trinajstić information content (AvgIpc) is 2.68. The molecular formula is C22H24N4. The van der Waals surface area contributed by atoms with E-state index in [4.69, 9.17) is 0 Å². The summed E-state index contributed by atoms with van der Waals surface area (Å²) in [5, 5.41) is 11.6. The molecule has 2 aliphatic heterocycles. The highest BCUT2D eigenvalue weighted by atomic mass is 15.3. The fraction of sp³-hybridized carbons (Fsp3) is 0.364. The molecule has 132 valence electrons. The standard InChI is InChI=1S/C22H24N4/c1-25-19-7-4-8-20(25)15-26(14-19)22-12-11-21(23-24-22)18-10-9-16-5-2-3-6-17(16)13-18/h2-3,5-6,9-13,19-20H,4,7-8,14-15H2,1H3. The molecule has 2 atom stereocenters. The van der Waals surface area contributed by atoms with E-state index in [0.29, 0.717) is 12.1 Å². The van der Waals surface area contributed by atoms with E-state index in [0.717, 1.165) is 30.2 Å². The zero-order valence-electron chi connectivity index (χ0n) is 15.2. The van der Waals surface area contributed by atoms with Crippen molar-refractivity contribution < 1.29 is 0 Å². The lowest BCUT2D eigenvalue weighted by molar-refractivity contribution is 0.0946. The van der Waals surface area contributed by atoms with Gasteiger partial charge in [-0.25, -0.2) is 0 Å². The van der Waals surface area contributed by atoms with Crippen LogP contribution in [0.5, 0.6) is 0 Å². The normalized spacial score (nSPS) is 23.3. The van der Waals surface area contributed by atoms with Gasteiger partial charge >= 0.3 is 0 Å². The largest absolute Gasteiger partial charge is 0.352 e. The summed E-state index contributed by atoms with van der Waals surface area (Å²) in [4.78, 5) is 4.99. The van der Waals surface area contributed by atoms with E-state index < -0.39 is 0 Å². The summed E-state index contributed by atoms with van der Waals surface area (Å²) in [6.45, 7) is 2.13. The van der Waals surface area contributed by atoms with E-state index in [1.165, 1.54) is 30.0 Å². The van der Waals surface area contributed by atoms with Gasteiger partial charge in [0, 0.05) is 30.7 Å². The minimum absolute atomic E-state index is 0.657. The van der Waals surface area contributed by atoms with Crippen LogP contribution in [0, 0.1) is 0 Å². The van der Waals surface area contributed by atoms with Crippen molar-refractivity contribution in [3.63, 3.8) is 0 Å². The molecule has 0 aliphatic carbocycles. The summed E-state index contributed by atoms with van der Waals surface area (Å²) < 4.78 is 0. The van der Waals surface area contributed by atoms with Gasteiger partial charge in [0.05, 0.1) is 5.69 Å². The third kappa shape index (κ3) is 2.74. The highest BCUT2D eigenvalue weighted by Gasteiger charge is 2.35. The molecule has 2 saturated heterocycles. The second kappa shape index (κ2) is 6.36. The summed E-state index contributed by atoms with van der Waals surface area (Å²) in [6.07, 6.45) is 3.96. The molecule has 0 spiro atoms. The Hall–Kier alpha value is -2.46. The number of benzene rings is 2. The minimum Gasteiger partial charge on any atom is -0.352 e. The molecule has 3 aromatic rings. The van der Waals surface area contributed by atoms with Crippen LogP contribution in [0.4, 0.5) is 5.82 Å². The molecule has 2 aromatic carbocycles. The number of piperazine rings is 1. The predicted octanol–water partition coefficient (Wildman–Crippen LogP) is 3.97. The van der Waals surface area contributed by atoms with Crippen molar-refractivity contribution in [2.45, 2.75) is 31.3 Å². The molecule has 3 heterocycles. The first-order chi connectivity index (χ1) is 12.8. The van der Waals surface area contributed by atoms with Crippen molar-refractivity contribution in [1.29, 1.82) is 0 Å². The Balaban J connectivity index is 1.40. The smallest absolute Gasteiger partial charge is 0.151 e. The van der Waals surface area contributed by atoms with Crippen LogP contribution in [0.1, 0.15) is 19.3 Å². The Morgan fingerprint density at radius 2 is 1.62 bits per heavy atom. The van der Waals surface area contributed by atoms with Crippen LogP contribution in [-0.2, 0) is 0 Å². The van der Waals surface area contributed by atoms with Crippen molar-refractivity contribution in [2.75, 3.05) is 25.0 Å². The topological polar surface area (TPSA) is 32.3 Å². The first-order valence-corrected chi connectivity index (χ1v) is 9.58. The molecule has 26 heavy (non-hydrogen) atoms. The van der Waals surface area contributed by atoms with Crippen molar-refractivity contribution in [3.8, 4) is 11.3 Å². The molecule has 0 radical (unpaired) electrons. The Morgan fingerprint density at radius 3 is 2.35 bits per heavy atom. The van der Waals surface area contributed by atoms with Crippen LogP contribution >= 0.6 is 0 Å². The summed E-state index contributed by atoms with van der Waals surface area (Å²) >= 11 is 0. The lowest BCUT2D eigenvalue weighted by Crippen LogP contribution is -2.59. The van der Waals surface area contributed by atoms with E-state index >= 15 is 0 Å². The summed E-state index contributed by atoms with van der Waals surface area (Å²) in [6, 6.07) is 20.5. The van der Waals surface area contributed by atoms with Crippen molar-refractivity contribution in [2.24, 2.45) is 0 Å². The Bertz CT molecular complexity index is 907. The van der Waals surface area contributed by atoms with Crippen molar-refractivity contribution in [1.82, 2.24) is 15.1 Å².